The number of nitrogens with zero attached hydrogens (tertiary/aromatic N) is 2. The highest BCUT2D eigenvalue weighted by Gasteiger charge is 2.23. The van der Waals surface area contributed by atoms with Crippen molar-refractivity contribution in [1.82, 2.24) is 9.97 Å². The molecule has 0 radical (unpaired) electrons. The largest absolute Gasteiger partial charge is 0.339 e. The molecule has 0 saturated heterocycles. The van der Waals surface area contributed by atoms with Gasteiger partial charge in [0.15, 0.2) is 0 Å². The third-order valence-electron chi connectivity index (χ3n) is 3.10. The van der Waals surface area contributed by atoms with Gasteiger partial charge in [-0.1, -0.05) is 34.8 Å². The predicted octanol–water partition coefficient (Wildman–Crippen LogP) is 5.13. The van der Waals surface area contributed by atoms with Crippen molar-refractivity contribution in [3.8, 4) is 0 Å². The molecule has 104 valence electrons. The van der Waals surface area contributed by atoms with E-state index in [1.807, 2.05) is 0 Å². The van der Waals surface area contributed by atoms with Crippen molar-refractivity contribution in [1.29, 1.82) is 0 Å². The Balaban J connectivity index is 1.85. The third-order valence-corrected chi connectivity index (χ3v) is 3.86. The smallest absolute Gasteiger partial charge is 0.135 e. The summed E-state index contributed by atoms with van der Waals surface area (Å²) in [7, 11) is 0. The lowest BCUT2D eigenvalue weighted by molar-refractivity contribution is 0.771. The van der Waals surface area contributed by atoms with Crippen molar-refractivity contribution in [2.45, 2.75) is 19.3 Å². The number of hydrogen-bond acceptors (Lipinski definition) is 3. The monoisotopic (exact) mass is 327 g/mol. The van der Waals surface area contributed by atoms with E-state index in [0.29, 0.717) is 32.6 Å². The van der Waals surface area contributed by atoms with Crippen LogP contribution in [0, 0.1) is 5.92 Å². The quantitative estimate of drug-likeness (QED) is 0.790. The Hall–Kier alpha value is -1.03. The van der Waals surface area contributed by atoms with Gasteiger partial charge in [0, 0.05) is 17.5 Å². The summed E-state index contributed by atoms with van der Waals surface area (Å²) >= 11 is 18.1. The summed E-state index contributed by atoms with van der Waals surface area (Å²) in [5.74, 6) is 2.10. The molecule has 1 N–H and O–H groups in total. The van der Waals surface area contributed by atoms with E-state index in [-0.39, 0.29) is 0 Å². The summed E-state index contributed by atoms with van der Waals surface area (Å²) in [4.78, 5) is 8.72. The van der Waals surface area contributed by atoms with Crippen molar-refractivity contribution in [2.75, 3.05) is 5.32 Å². The Morgan fingerprint density at radius 3 is 2.65 bits per heavy atom. The zero-order valence-corrected chi connectivity index (χ0v) is 12.8. The number of hydrogen-bond donors (Lipinski definition) is 1. The summed E-state index contributed by atoms with van der Waals surface area (Å²) in [6, 6.07) is 6.90. The van der Waals surface area contributed by atoms with Crippen molar-refractivity contribution in [2.24, 2.45) is 5.92 Å². The van der Waals surface area contributed by atoms with E-state index in [1.165, 1.54) is 12.8 Å². The van der Waals surface area contributed by atoms with E-state index in [4.69, 9.17) is 34.8 Å². The molecule has 1 fully saturated rings. The second-order valence-corrected chi connectivity index (χ2v) is 6.12. The number of benzene rings is 1. The first-order valence-electron chi connectivity index (χ1n) is 6.36. The van der Waals surface area contributed by atoms with E-state index < -0.39 is 0 Å². The fourth-order valence-corrected chi connectivity index (χ4v) is 2.47. The molecule has 3 rings (SSSR count). The second-order valence-electron chi connectivity index (χ2n) is 4.89. The van der Waals surface area contributed by atoms with Crippen molar-refractivity contribution >= 4 is 46.3 Å². The van der Waals surface area contributed by atoms with Gasteiger partial charge in [-0.25, -0.2) is 9.97 Å². The van der Waals surface area contributed by atoms with Gasteiger partial charge >= 0.3 is 0 Å². The van der Waals surface area contributed by atoms with E-state index in [9.17, 15) is 0 Å². The standard InChI is InChI=1S/C14H12Cl3N3/c15-9-3-4-10(16)11(6-9)18-14-7-12(17)19-13(20-14)5-8-1-2-8/h3-4,6-8H,1-2,5H2,(H,18,19,20). The molecule has 2 aromatic rings. The molecule has 0 amide bonds. The van der Waals surface area contributed by atoms with Crippen LogP contribution in [-0.2, 0) is 6.42 Å². The molecule has 20 heavy (non-hydrogen) atoms. The summed E-state index contributed by atoms with van der Waals surface area (Å²) in [6.07, 6.45) is 3.37. The Morgan fingerprint density at radius 1 is 1.10 bits per heavy atom. The van der Waals surface area contributed by atoms with Crippen LogP contribution in [-0.4, -0.2) is 9.97 Å². The summed E-state index contributed by atoms with van der Waals surface area (Å²) in [6.45, 7) is 0. The van der Waals surface area contributed by atoms with E-state index in [2.05, 4.69) is 15.3 Å². The average molecular weight is 329 g/mol. The zero-order valence-electron chi connectivity index (χ0n) is 10.5. The van der Waals surface area contributed by atoms with Gasteiger partial charge < -0.3 is 5.32 Å². The van der Waals surface area contributed by atoms with Crippen molar-refractivity contribution in [3.05, 3.63) is 45.3 Å². The highest BCUT2D eigenvalue weighted by Crippen LogP contribution is 2.33. The summed E-state index contributed by atoms with van der Waals surface area (Å²) < 4.78 is 0. The first kappa shape index (κ1) is 13.9. The van der Waals surface area contributed by atoms with Crippen molar-refractivity contribution < 1.29 is 0 Å². The molecule has 1 aromatic heterocycles. The zero-order chi connectivity index (χ0) is 14.1. The van der Waals surface area contributed by atoms with Gasteiger partial charge in [0.1, 0.15) is 16.8 Å². The first-order chi connectivity index (χ1) is 9.60. The van der Waals surface area contributed by atoms with Crippen LogP contribution in [0.1, 0.15) is 18.7 Å². The molecular formula is C14H12Cl3N3. The lowest BCUT2D eigenvalue weighted by Crippen LogP contribution is -2.02. The SMILES string of the molecule is Clc1ccc(Cl)c(Nc2cc(Cl)nc(CC3CC3)n2)c1. The molecule has 0 atom stereocenters. The topological polar surface area (TPSA) is 37.8 Å². The Morgan fingerprint density at radius 2 is 1.90 bits per heavy atom. The van der Waals surface area contributed by atoms with Gasteiger partial charge in [0.25, 0.3) is 0 Å². The molecule has 1 aromatic carbocycles. The van der Waals surface area contributed by atoms with Crippen LogP contribution in [0.15, 0.2) is 24.3 Å². The number of anilines is 2. The van der Waals surface area contributed by atoms with Crippen molar-refractivity contribution in [3.63, 3.8) is 0 Å². The molecule has 0 spiro atoms. The van der Waals surface area contributed by atoms with Crippen LogP contribution in [0.25, 0.3) is 0 Å². The first-order valence-corrected chi connectivity index (χ1v) is 7.49. The molecule has 0 unspecified atom stereocenters. The van der Waals surface area contributed by atoms with Crippen LogP contribution in [0.3, 0.4) is 0 Å². The minimum atomic E-state index is 0.427. The number of nitrogens with one attached hydrogen (secondary N) is 1. The molecule has 0 aliphatic heterocycles. The molecule has 1 heterocycles. The Bertz CT molecular complexity index is 642. The van der Waals surface area contributed by atoms with Gasteiger partial charge in [-0.05, 0) is 37.0 Å². The highest BCUT2D eigenvalue weighted by atomic mass is 35.5. The van der Waals surface area contributed by atoms with Crippen LogP contribution in [0.2, 0.25) is 15.2 Å². The van der Waals surface area contributed by atoms with Gasteiger partial charge in [-0.2, -0.15) is 0 Å². The molecular weight excluding hydrogens is 317 g/mol. The minimum Gasteiger partial charge on any atom is -0.339 e. The molecule has 3 nitrogen and oxygen atoms in total. The lowest BCUT2D eigenvalue weighted by atomic mass is 10.3. The van der Waals surface area contributed by atoms with Gasteiger partial charge in [-0.3, -0.25) is 0 Å². The molecule has 0 bridgehead atoms. The fraction of sp³-hybridized carbons (Fsp3) is 0.286. The van der Waals surface area contributed by atoms with Crippen LogP contribution in [0.5, 0.6) is 0 Å². The van der Waals surface area contributed by atoms with Crippen LogP contribution in [0.4, 0.5) is 11.5 Å². The normalized spacial score (nSPS) is 14.3. The number of halogens is 3. The average Bonchev–Trinajstić information content (AvgIpc) is 3.17. The molecule has 1 saturated carbocycles. The summed E-state index contributed by atoms with van der Waals surface area (Å²) in [5.41, 5.74) is 0.700. The van der Waals surface area contributed by atoms with Gasteiger partial charge in [0.05, 0.1) is 10.7 Å². The molecule has 6 heteroatoms. The second kappa shape index (κ2) is 5.76. The molecule has 1 aliphatic carbocycles. The minimum absolute atomic E-state index is 0.427. The summed E-state index contributed by atoms with van der Waals surface area (Å²) in [5, 5.41) is 4.75. The van der Waals surface area contributed by atoms with Crippen LogP contribution >= 0.6 is 34.8 Å². The molecule has 1 aliphatic rings. The maximum atomic E-state index is 6.12. The lowest BCUT2D eigenvalue weighted by Gasteiger charge is -2.09. The van der Waals surface area contributed by atoms with Crippen LogP contribution < -0.4 is 5.32 Å². The van der Waals surface area contributed by atoms with E-state index >= 15 is 0 Å². The van der Waals surface area contributed by atoms with Gasteiger partial charge in [0.2, 0.25) is 0 Å². The predicted molar refractivity (Wildman–Crippen MR) is 83.2 cm³/mol. The third kappa shape index (κ3) is 3.54. The maximum absolute atomic E-state index is 6.12. The Kier molecular flexibility index (Phi) is 4.01. The maximum Gasteiger partial charge on any atom is 0.135 e. The Labute approximate surface area is 132 Å². The number of aromatic nitrogens is 2. The fourth-order valence-electron chi connectivity index (χ4n) is 1.93. The van der Waals surface area contributed by atoms with E-state index in [0.717, 1.165) is 12.2 Å². The number of rotatable bonds is 4. The van der Waals surface area contributed by atoms with Gasteiger partial charge in [-0.15, -0.1) is 0 Å². The highest BCUT2D eigenvalue weighted by molar-refractivity contribution is 6.35. The van der Waals surface area contributed by atoms with E-state index in [1.54, 1.807) is 24.3 Å².